The average molecular weight is 200 g/mol. The first-order valence-corrected chi connectivity index (χ1v) is 5.09. The molecule has 1 fully saturated rings. The number of hydrogen-bond acceptors (Lipinski definition) is 3. The Morgan fingerprint density at radius 3 is 2.47 bits per heavy atom. The van der Waals surface area contributed by atoms with Crippen LogP contribution in [0.2, 0.25) is 0 Å². The van der Waals surface area contributed by atoms with Gasteiger partial charge in [0.25, 0.3) is 6.01 Å². The second-order valence-electron chi connectivity index (χ2n) is 4.01. The van der Waals surface area contributed by atoms with E-state index in [1.807, 2.05) is 6.07 Å². The van der Waals surface area contributed by atoms with Crippen LogP contribution in [0.1, 0.15) is 24.2 Å². The Bertz CT molecular complexity index is 471. The van der Waals surface area contributed by atoms with Gasteiger partial charge in [-0.3, -0.25) is 0 Å². The molecule has 0 atom stereocenters. The summed E-state index contributed by atoms with van der Waals surface area (Å²) in [6, 6.07) is 10.6. The third-order valence-corrected chi connectivity index (χ3v) is 3.07. The molecule has 0 unspecified atom stereocenters. The van der Waals surface area contributed by atoms with Gasteiger partial charge in [0.05, 0.1) is 11.6 Å². The Morgan fingerprint density at radius 1 is 1.20 bits per heavy atom. The maximum absolute atomic E-state index is 5.50. The van der Waals surface area contributed by atoms with Gasteiger partial charge in [0.15, 0.2) is 0 Å². The third kappa shape index (κ3) is 1.23. The lowest BCUT2D eigenvalue weighted by atomic mass is 9.94. The van der Waals surface area contributed by atoms with Crippen molar-refractivity contribution in [3.05, 3.63) is 47.9 Å². The topological polar surface area (TPSA) is 52.0 Å². The van der Waals surface area contributed by atoms with E-state index in [-0.39, 0.29) is 11.4 Å². The first-order chi connectivity index (χ1) is 7.31. The van der Waals surface area contributed by atoms with Crippen LogP contribution in [0.4, 0.5) is 6.01 Å². The van der Waals surface area contributed by atoms with Crippen molar-refractivity contribution in [2.24, 2.45) is 0 Å². The van der Waals surface area contributed by atoms with Gasteiger partial charge in [-0.2, -0.15) is 0 Å². The first-order valence-electron chi connectivity index (χ1n) is 5.09. The lowest BCUT2D eigenvalue weighted by Gasteiger charge is -2.11. The van der Waals surface area contributed by atoms with E-state index in [9.17, 15) is 0 Å². The molecule has 1 aromatic carbocycles. The van der Waals surface area contributed by atoms with E-state index in [1.165, 1.54) is 5.56 Å². The van der Waals surface area contributed by atoms with Gasteiger partial charge in [-0.15, -0.1) is 0 Å². The second kappa shape index (κ2) is 2.86. The predicted molar refractivity (Wildman–Crippen MR) is 57.4 cm³/mol. The first kappa shape index (κ1) is 8.53. The maximum atomic E-state index is 5.50. The smallest absolute Gasteiger partial charge is 0.292 e. The number of nitrogen functional groups attached to an aromatic ring is 1. The summed E-state index contributed by atoms with van der Waals surface area (Å²) < 4.78 is 5.43. The van der Waals surface area contributed by atoms with E-state index in [0.29, 0.717) is 0 Å². The van der Waals surface area contributed by atoms with E-state index < -0.39 is 0 Å². The lowest BCUT2D eigenvalue weighted by Crippen LogP contribution is -2.06. The largest absolute Gasteiger partial charge is 0.428 e. The van der Waals surface area contributed by atoms with Crippen molar-refractivity contribution in [1.29, 1.82) is 0 Å². The molecule has 1 heterocycles. The lowest BCUT2D eigenvalue weighted by molar-refractivity contribution is 0.491. The van der Waals surface area contributed by atoms with Crippen LogP contribution >= 0.6 is 0 Å². The van der Waals surface area contributed by atoms with Gasteiger partial charge in [-0.25, -0.2) is 4.98 Å². The molecule has 3 rings (SSSR count). The van der Waals surface area contributed by atoms with Gasteiger partial charge in [0, 0.05) is 0 Å². The molecule has 0 bridgehead atoms. The molecule has 3 heteroatoms. The molecule has 1 saturated carbocycles. The highest BCUT2D eigenvalue weighted by atomic mass is 16.4. The number of anilines is 1. The van der Waals surface area contributed by atoms with Crippen LogP contribution in [-0.4, -0.2) is 4.98 Å². The van der Waals surface area contributed by atoms with Crippen LogP contribution in [0, 0.1) is 0 Å². The molecular weight excluding hydrogens is 188 g/mol. The quantitative estimate of drug-likeness (QED) is 0.809. The standard InChI is InChI=1S/C12H12N2O/c13-11-14-8-10(15-11)12(6-7-12)9-4-2-1-3-5-9/h1-5,8H,6-7H2,(H2,13,14). The van der Waals surface area contributed by atoms with Gasteiger partial charge in [-0.05, 0) is 18.4 Å². The number of rotatable bonds is 2. The fourth-order valence-corrected chi connectivity index (χ4v) is 2.07. The molecule has 15 heavy (non-hydrogen) atoms. The SMILES string of the molecule is Nc1ncc(C2(c3ccccc3)CC2)o1. The predicted octanol–water partition coefficient (Wildman–Crippen LogP) is 2.34. The molecule has 0 amide bonds. The van der Waals surface area contributed by atoms with Gasteiger partial charge in [0.2, 0.25) is 0 Å². The van der Waals surface area contributed by atoms with E-state index in [2.05, 4.69) is 29.2 Å². The van der Waals surface area contributed by atoms with E-state index in [1.54, 1.807) is 6.20 Å². The molecule has 0 radical (unpaired) electrons. The second-order valence-corrected chi connectivity index (χ2v) is 4.01. The van der Waals surface area contributed by atoms with Crippen LogP contribution in [0.25, 0.3) is 0 Å². The van der Waals surface area contributed by atoms with Crippen molar-refractivity contribution in [3.63, 3.8) is 0 Å². The minimum absolute atomic E-state index is 0.0475. The summed E-state index contributed by atoms with van der Waals surface area (Å²) in [5.74, 6) is 0.895. The molecule has 76 valence electrons. The zero-order valence-electron chi connectivity index (χ0n) is 8.31. The van der Waals surface area contributed by atoms with Gasteiger partial charge in [0.1, 0.15) is 5.76 Å². The molecule has 0 spiro atoms. The van der Waals surface area contributed by atoms with Crippen LogP contribution in [0.5, 0.6) is 0 Å². The molecule has 1 aliphatic carbocycles. The highest BCUT2D eigenvalue weighted by molar-refractivity contribution is 5.40. The minimum Gasteiger partial charge on any atom is -0.428 e. The van der Waals surface area contributed by atoms with Crippen molar-refractivity contribution in [2.45, 2.75) is 18.3 Å². The van der Waals surface area contributed by atoms with Crippen LogP contribution in [-0.2, 0) is 5.41 Å². The number of hydrogen-bond donors (Lipinski definition) is 1. The summed E-state index contributed by atoms with van der Waals surface area (Å²) >= 11 is 0. The van der Waals surface area contributed by atoms with E-state index >= 15 is 0 Å². The van der Waals surface area contributed by atoms with Crippen LogP contribution in [0.15, 0.2) is 40.9 Å². The van der Waals surface area contributed by atoms with E-state index in [4.69, 9.17) is 10.2 Å². The zero-order valence-corrected chi connectivity index (χ0v) is 8.31. The summed E-state index contributed by atoms with van der Waals surface area (Å²) in [6.45, 7) is 0. The Hall–Kier alpha value is -1.77. The zero-order chi connectivity index (χ0) is 10.3. The third-order valence-electron chi connectivity index (χ3n) is 3.07. The van der Waals surface area contributed by atoms with Crippen molar-refractivity contribution >= 4 is 6.01 Å². The van der Waals surface area contributed by atoms with Gasteiger partial charge < -0.3 is 10.2 Å². The molecule has 1 aliphatic rings. The number of nitrogens with zero attached hydrogens (tertiary/aromatic N) is 1. The average Bonchev–Trinajstić information content (AvgIpc) is 2.98. The molecule has 1 aromatic heterocycles. The van der Waals surface area contributed by atoms with E-state index in [0.717, 1.165) is 18.6 Å². The van der Waals surface area contributed by atoms with Crippen molar-refractivity contribution in [1.82, 2.24) is 4.98 Å². The normalized spacial score (nSPS) is 17.6. The maximum Gasteiger partial charge on any atom is 0.292 e. The van der Waals surface area contributed by atoms with Crippen LogP contribution < -0.4 is 5.73 Å². The molecule has 2 aromatic rings. The number of benzene rings is 1. The summed E-state index contributed by atoms with van der Waals surface area (Å²) in [5.41, 5.74) is 6.84. The monoisotopic (exact) mass is 200 g/mol. The number of nitrogens with two attached hydrogens (primary N) is 1. The summed E-state index contributed by atoms with van der Waals surface area (Å²) in [5, 5.41) is 0. The summed E-state index contributed by atoms with van der Waals surface area (Å²) in [6.07, 6.45) is 3.98. The highest BCUT2D eigenvalue weighted by Crippen LogP contribution is 2.53. The van der Waals surface area contributed by atoms with Crippen molar-refractivity contribution in [2.75, 3.05) is 5.73 Å². The van der Waals surface area contributed by atoms with Crippen molar-refractivity contribution in [3.8, 4) is 0 Å². The Balaban J connectivity index is 2.05. The molecule has 0 saturated heterocycles. The molecule has 0 aliphatic heterocycles. The Morgan fingerprint density at radius 2 is 1.93 bits per heavy atom. The fraction of sp³-hybridized carbons (Fsp3) is 0.250. The Labute approximate surface area is 87.9 Å². The Kier molecular flexibility index (Phi) is 1.63. The number of aromatic nitrogens is 1. The van der Waals surface area contributed by atoms with Crippen molar-refractivity contribution < 1.29 is 4.42 Å². The molecule has 3 nitrogen and oxygen atoms in total. The fourth-order valence-electron chi connectivity index (χ4n) is 2.07. The molecule has 2 N–H and O–H groups in total. The number of oxazole rings is 1. The van der Waals surface area contributed by atoms with Gasteiger partial charge >= 0.3 is 0 Å². The minimum atomic E-state index is 0.0475. The van der Waals surface area contributed by atoms with Gasteiger partial charge in [-0.1, -0.05) is 30.3 Å². The molecular formula is C12H12N2O. The van der Waals surface area contributed by atoms with Crippen LogP contribution in [0.3, 0.4) is 0 Å². The highest BCUT2D eigenvalue weighted by Gasteiger charge is 2.48. The summed E-state index contributed by atoms with van der Waals surface area (Å²) in [7, 11) is 0. The summed E-state index contributed by atoms with van der Waals surface area (Å²) in [4.78, 5) is 3.96.